The standard InChI is InChI=1S/C14H19BrN2O2/c1-14(2)8-4-3-5-13(14)16-11-9-10(15)6-7-12(11)17(18)19/h6-7,9,13,16H,3-5,8H2,1-2H3. The molecule has 1 saturated carbocycles. The number of hydrogen-bond acceptors (Lipinski definition) is 3. The Morgan fingerprint density at radius 3 is 2.79 bits per heavy atom. The number of anilines is 1. The summed E-state index contributed by atoms with van der Waals surface area (Å²) in [5.74, 6) is 0. The van der Waals surface area contributed by atoms with Crippen LogP contribution in [0.2, 0.25) is 0 Å². The average molecular weight is 327 g/mol. The first-order chi connectivity index (χ1) is 8.90. The van der Waals surface area contributed by atoms with E-state index >= 15 is 0 Å². The molecule has 1 aromatic carbocycles. The molecule has 0 bridgehead atoms. The second kappa shape index (κ2) is 5.49. The third kappa shape index (κ3) is 3.26. The molecule has 0 amide bonds. The highest BCUT2D eigenvalue weighted by Gasteiger charge is 2.33. The van der Waals surface area contributed by atoms with Crippen LogP contribution in [0.25, 0.3) is 0 Å². The average Bonchev–Trinajstić information content (AvgIpc) is 2.31. The van der Waals surface area contributed by atoms with Gasteiger partial charge in [-0.2, -0.15) is 0 Å². The van der Waals surface area contributed by atoms with Gasteiger partial charge in [0.05, 0.1) is 4.92 Å². The number of rotatable bonds is 3. The first kappa shape index (κ1) is 14.3. The van der Waals surface area contributed by atoms with E-state index in [-0.39, 0.29) is 22.1 Å². The van der Waals surface area contributed by atoms with Crippen LogP contribution in [-0.2, 0) is 0 Å². The van der Waals surface area contributed by atoms with Crippen LogP contribution >= 0.6 is 15.9 Å². The van der Waals surface area contributed by atoms with Crippen LogP contribution in [0.4, 0.5) is 11.4 Å². The van der Waals surface area contributed by atoms with E-state index in [1.165, 1.54) is 12.8 Å². The minimum Gasteiger partial charge on any atom is -0.376 e. The first-order valence-electron chi connectivity index (χ1n) is 6.60. The van der Waals surface area contributed by atoms with Crippen molar-refractivity contribution >= 4 is 27.3 Å². The van der Waals surface area contributed by atoms with Crippen molar-refractivity contribution < 1.29 is 4.92 Å². The molecule has 0 heterocycles. The molecule has 0 radical (unpaired) electrons. The van der Waals surface area contributed by atoms with Gasteiger partial charge in [-0.05, 0) is 30.4 Å². The monoisotopic (exact) mass is 326 g/mol. The minimum atomic E-state index is -0.329. The normalized spacial score (nSPS) is 21.9. The summed E-state index contributed by atoms with van der Waals surface area (Å²) >= 11 is 3.38. The highest BCUT2D eigenvalue weighted by molar-refractivity contribution is 9.10. The molecule has 1 atom stereocenters. The maximum absolute atomic E-state index is 11.1. The molecule has 1 N–H and O–H groups in total. The number of nitro groups is 1. The fourth-order valence-electron chi connectivity index (χ4n) is 2.73. The molecule has 0 saturated heterocycles. The lowest BCUT2D eigenvalue weighted by molar-refractivity contribution is -0.384. The Morgan fingerprint density at radius 2 is 2.16 bits per heavy atom. The largest absolute Gasteiger partial charge is 0.376 e. The summed E-state index contributed by atoms with van der Waals surface area (Å²) in [6, 6.07) is 5.33. The molecule has 0 spiro atoms. The van der Waals surface area contributed by atoms with E-state index in [0.717, 1.165) is 17.3 Å². The number of halogens is 1. The van der Waals surface area contributed by atoms with Gasteiger partial charge in [0.15, 0.2) is 0 Å². The molecule has 5 heteroatoms. The fraction of sp³-hybridized carbons (Fsp3) is 0.571. The molecular weight excluding hydrogens is 308 g/mol. The molecule has 2 rings (SSSR count). The summed E-state index contributed by atoms with van der Waals surface area (Å²) in [5, 5.41) is 14.5. The third-order valence-corrected chi connectivity index (χ3v) is 4.49. The van der Waals surface area contributed by atoms with Crippen LogP contribution in [0.15, 0.2) is 22.7 Å². The van der Waals surface area contributed by atoms with Gasteiger partial charge in [-0.15, -0.1) is 0 Å². The summed E-state index contributed by atoms with van der Waals surface area (Å²) in [7, 11) is 0. The predicted octanol–water partition coefficient (Wildman–Crippen LogP) is 4.74. The van der Waals surface area contributed by atoms with Crippen LogP contribution in [0.5, 0.6) is 0 Å². The summed E-state index contributed by atoms with van der Waals surface area (Å²) in [5.41, 5.74) is 0.929. The zero-order chi connectivity index (χ0) is 14.0. The van der Waals surface area contributed by atoms with Gasteiger partial charge >= 0.3 is 0 Å². The molecular formula is C14H19BrN2O2. The van der Waals surface area contributed by atoms with Crippen molar-refractivity contribution in [3.63, 3.8) is 0 Å². The van der Waals surface area contributed by atoms with Gasteiger partial charge < -0.3 is 5.32 Å². The van der Waals surface area contributed by atoms with E-state index in [4.69, 9.17) is 0 Å². The Labute approximate surface area is 121 Å². The van der Waals surface area contributed by atoms with Crippen LogP contribution in [0.3, 0.4) is 0 Å². The highest BCUT2D eigenvalue weighted by Crippen LogP contribution is 2.39. The van der Waals surface area contributed by atoms with Gasteiger partial charge in [0.25, 0.3) is 5.69 Å². The summed E-state index contributed by atoms with van der Waals surface area (Å²) < 4.78 is 0.856. The number of hydrogen-bond donors (Lipinski definition) is 1. The van der Waals surface area contributed by atoms with Crippen molar-refractivity contribution in [2.24, 2.45) is 5.41 Å². The maximum atomic E-state index is 11.1. The maximum Gasteiger partial charge on any atom is 0.292 e. The van der Waals surface area contributed by atoms with Crippen molar-refractivity contribution in [2.75, 3.05) is 5.32 Å². The van der Waals surface area contributed by atoms with Gasteiger partial charge in [-0.3, -0.25) is 10.1 Å². The number of benzene rings is 1. The molecule has 1 unspecified atom stereocenters. The molecule has 1 aliphatic rings. The third-order valence-electron chi connectivity index (χ3n) is 3.99. The van der Waals surface area contributed by atoms with Crippen LogP contribution < -0.4 is 5.32 Å². The van der Waals surface area contributed by atoms with E-state index < -0.39 is 0 Å². The molecule has 1 aromatic rings. The van der Waals surface area contributed by atoms with E-state index in [2.05, 4.69) is 35.1 Å². The van der Waals surface area contributed by atoms with E-state index in [1.807, 2.05) is 0 Å². The fourth-order valence-corrected chi connectivity index (χ4v) is 3.09. The second-order valence-corrected chi connectivity index (χ2v) is 6.77. The molecule has 0 aromatic heterocycles. The Kier molecular flexibility index (Phi) is 4.13. The van der Waals surface area contributed by atoms with E-state index in [1.54, 1.807) is 18.2 Å². The molecule has 4 nitrogen and oxygen atoms in total. The zero-order valence-corrected chi connectivity index (χ0v) is 12.9. The molecule has 0 aliphatic heterocycles. The van der Waals surface area contributed by atoms with Crippen LogP contribution in [0, 0.1) is 15.5 Å². The smallest absolute Gasteiger partial charge is 0.292 e. The molecule has 19 heavy (non-hydrogen) atoms. The van der Waals surface area contributed by atoms with E-state index in [9.17, 15) is 10.1 Å². The number of nitrogens with zero attached hydrogens (tertiary/aromatic N) is 1. The van der Waals surface area contributed by atoms with Gasteiger partial charge in [-0.1, -0.05) is 42.6 Å². The summed E-state index contributed by atoms with van der Waals surface area (Å²) in [6.45, 7) is 4.46. The van der Waals surface area contributed by atoms with Crippen molar-refractivity contribution in [3.8, 4) is 0 Å². The number of nitrogens with one attached hydrogen (secondary N) is 1. The highest BCUT2D eigenvalue weighted by atomic mass is 79.9. The molecule has 1 aliphatic carbocycles. The van der Waals surface area contributed by atoms with Crippen molar-refractivity contribution in [1.82, 2.24) is 0 Å². The van der Waals surface area contributed by atoms with Gasteiger partial charge in [0, 0.05) is 16.6 Å². The predicted molar refractivity (Wildman–Crippen MR) is 80.5 cm³/mol. The lowest BCUT2D eigenvalue weighted by atomic mass is 9.73. The SMILES string of the molecule is CC1(C)CCCCC1Nc1cc(Br)ccc1[N+](=O)[O-]. The Morgan fingerprint density at radius 1 is 1.42 bits per heavy atom. The summed E-state index contributed by atoms with van der Waals surface area (Å²) in [6.07, 6.45) is 4.65. The lowest BCUT2D eigenvalue weighted by Gasteiger charge is -2.39. The van der Waals surface area contributed by atoms with Crippen molar-refractivity contribution in [1.29, 1.82) is 0 Å². The minimum absolute atomic E-state index is 0.143. The van der Waals surface area contributed by atoms with Crippen LogP contribution in [0.1, 0.15) is 39.5 Å². The van der Waals surface area contributed by atoms with E-state index in [0.29, 0.717) is 5.69 Å². The quantitative estimate of drug-likeness (QED) is 0.644. The Bertz CT molecular complexity index is 488. The topological polar surface area (TPSA) is 55.2 Å². The Hall–Kier alpha value is -1.10. The summed E-state index contributed by atoms with van der Waals surface area (Å²) in [4.78, 5) is 10.8. The van der Waals surface area contributed by atoms with Crippen LogP contribution in [-0.4, -0.2) is 11.0 Å². The van der Waals surface area contributed by atoms with Gasteiger partial charge in [0.2, 0.25) is 0 Å². The molecule has 104 valence electrons. The van der Waals surface area contributed by atoms with Crippen molar-refractivity contribution in [2.45, 2.75) is 45.6 Å². The first-order valence-corrected chi connectivity index (χ1v) is 7.40. The lowest BCUT2D eigenvalue weighted by Crippen LogP contribution is -2.39. The molecule has 1 fully saturated rings. The van der Waals surface area contributed by atoms with Gasteiger partial charge in [0.1, 0.15) is 5.69 Å². The zero-order valence-electron chi connectivity index (χ0n) is 11.3. The number of nitro benzene ring substituents is 1. The van der Waals surface area contributed by atoms with Crippen molar-refractivity contribution in [3.05, 3.63) is 32.8 Å². The Balaban J connectivity index is 2.27. The second-order valence-electron chi connectivity index (χ2n) is 5.85. The van der Waals surface area contributed by atoms with Gasteiger partial charge in [-0.25, -0.2) is 0 Å².